The van der Waals surface area contributed by atoms with Crippen LogP contribution in [0.15, 0.2) is 24.3 Å². The molecule has 1 aliphatic heterocycles. The number of nitrogens with one attached hydrogen (secondary N) is 1. The molecule has 0 aromatic heterocycles. The number of allylic oxidation sites excluding steroid dienone is 3. The lowest BCUT2D eigenvalue weighted by atomic mass is 9.99. The third kappa shape index (κ3) is 16.4. The first kappa shape index (κ1) is 39.6. The number of aliphatic hydroxyl groups excluding tert-OH is 5. The average molecular weight is 640 g/mol. The van der Waals surface area contributed by atoms with Gasteiger partial charge in [0.1, 0.15) is 30.5 Å². The molecular formula is C29H53NO12S. The molecule has 1 aliphatic rings. The van der Waals surface area contributed by atoms with Crippen molar-refractivity contribution in [2.24, 2.45) is 0 Å². The van der Waals surface area contributed by atoms with Crippen molar-refractivity contribution in [3.05, 3.63) is 24.3 Å². The van der Waals surface area contributed by atoms with Crippen LogP contribution in [0.1, 0.15) is 90.9 Å². The highest BCUT2D eigenvalue weighted by Gasteiger charge is 2.48. The Balaban J connectivity index is 2.81. The molecule has 1 fully saturated rings. The molecule has 0 spiro atoms. The normalized spacial score (nSPS) is 25.3. The second-order valence-electron chi connectivity index (χ2n) is 10.8. The van der Waals surface area contributed by atoms with Crippen molar-refractivity contribution in [2.75, 3.05) is 13.2 Å². The molecule has 0 radical (unpaired) electrons. The fourth-order valence-corrected chi connectivity index (χ4v) is 5.00. The first-order valence-corrected chi connectivity index (χ1v) is 16.7. The molecule has 0 aromatic carbocycles. The summed E-state index contributed by atoms with van der Waals surface area (Å²) < 4.78 is 46.7. The van der Waals surface area contributed by atoms with E-state index in [4.69, 9.17) is 14.0 Å². The minimum atomic E-state index is -5.10. The fourth-order valence-electron chi connectivity index (χ4n) is 4.50. The highest BCUT2D eigenvalue weighted by molar-refractivity contribution is 7.80. The molecule has 1 heterocycles. The van der Waals surface area contributed by atoms with Crippen molar-refractivity contribution in [1.82, 2.24) is 5.32 Å². The van der Waals surface area contributed by atoms with E-state index in [9.17, 15) is 38.7 Å². The van der Waals surface area contributed by atoms with Crippen molar-refractivity contribution in [2.45, 2.75) is 140 Å². The molecule has 13 nitrogen and oxygen atoms in total. The van der Waals surface area contributed by atoms with Crippen LogP contribution in [0.3, 0.4) is 0 Å². The van der Waals surface area contributed by atoms with Gasteiger partial charge in [-0.25, -0.2) is 4.18 Å². The number of hydrogen-bond acceptors (Lipinski definition) is 11. The number of hydrogen-bond donors (Lipinski definition) is 7. The lowest BCUT2D eigenvalue weighted by Crippen LogP contribution is -2.61. The van der Waals surface area contributed by atoms with Crippen molar-refractivity contribution in [1.29, 1.82) is 0 Å². The smallest absolute Gasteiger partial charge is 0.394 e. The van der Waals surface area contributed by atoms with E-state index in [1.54, 1.807) is 6.08 Å². The standard InChI is InChI=1S/C29H53NO12S/c1-3-5-7-9-10-11-12-14-16-18-23(33)28(36)30-21(22(32)17-15-13-8-6-4-2)20-40-29-26(35)27(42-43(37,38)39)25(34)24(19-31)41-29/h9-10,15,17,21-27,29,31-35H,3-8,11-14,16,18-20H2,1-2H3,(H,30,36)(H,37,38,39)/b10-9-,17-15+. The maximum absolute atomic E-state index is 12.8. The molecule has 8 unspecified atom stereocenters. The molecule has 43 heavy (non-hydrogen) atoms. The molecular weight excluding hydrogens is 586 g/mol. The number of unbranched alkanes of at least 4 members (excludes halogenated alkanes) is 8. The summed E-state index contributed by atoms with van der Waals surface area (Å²) in [6, 6.07) is -1.12. The topological polar surface area (TPSA) is 212 Å². The van der Waals surface area contributed by atoms with Gasteiger partial charge in [0.2, 0.25) is 5.91 Å². The van der Waals surface area contributed by atoms with E-state index in [2.05, 4.69) is 35.5 Å². The van der Waals surface area contributed by atoms with E-state index in [1.165, 1.54) is 6.08 Å². The molecule has 0 bridgehead atoms. The van der Waals surface area contributed by atoms with Gasteiger partial charge in [-0.1, -0.05) is 76.7 Å². The van der Waals surface area contributed by atoms with Crippen molar-refractivity contribution in [3.63, 3.8) is 0 Å². The van der Waals surface area contributed by atoms with E-state index in [1.807, 2.05) is 0 Å². The van der Waals surface area contributed by atoms with E-state index in [0.29, 0.717) is 12.8 Å². The first-order valence-electron chi connectivity index (χ1n) is 15.3. The quantitative estimate of drug-likeness (QED) is 0.0483. The third-order valence-corrected chi connectivity index (χ3v) is 7.55. The number of carbonyl (C=O) groups excluding carboxylic acids is 1. The third-order valence-electron chi connectivity index (χ3n) is 7.08. The molecule has 7 N–H and O–H groups in total. The van der Waals surface area contributed by atoms with Crippen LogP contribution in [0, 0.1) is 0 Å². The van der Waals surface area contributed by atoms with Crippen LogP contribution in [-0.4, -0.2) is 107 Å². The van der Waals surface area contributed by atoms with Gasteiger partial charge in [0.25, 0.3) is 0 Å². The van der Waals surface area contributed by atoms with Gasteiger partial charge in [-0.3, -0.25) is 9.35 Å². The summed E-state index contributed by atoms with van der Waals surface area (Å²) in [4.78, 5) is 12.8. The predicted molar refractivity (Wildman–Crippen MR) is 159 cm³/mol. The van der Waals surface area contributed by atoms with Crippen molar-refractivity contribution < 1.29 is 57.0 Å². The minimum absolute atomic E-state index is 0.219. The van der Waals surface area contributed by atoms with E-state index < -0.39 is 78.5 Å². The summed E-state index contributed by atoms with van der Waals surface area (Å²) in [5, 5.41) is 54.1. The molecule has 8 atom stereocenters. The Labute approximate surface area is 255 Å². The van der Waals surface area contributed by atoms with E-state index in [-0.39, 0.29) is 6.42 Å². The molecule has 14 heteroatoms. The summed E-state index contributed by atoms with van der Waals surface area (Å²) in [7, 11) is -5.10. The number of ether oxygens (including phenoxy) is 2. The summed E-state index contributed by atoms with van der Waals surface area (Å²) in [5.74, 6) is -0.729. The van der Waals surface area contributed by atoms with Gasteiger partial charge in [0, 0.05) is 0 Å². The zero-order chi connectivity index (χ0) is 32.3. The van der Waals surface area contributed by atoms with Gasteiger partial charge in [-0.05, 0) is 38.5 Å². The Kier molecular flexibility index (Phi) is 20.3. The second kappa shape index (κ2) is 22.1. The van der Waals surface area contributed by atoms with Crippen LogP contribution in [0.25, 0.3) is 0 Å². The maximum Gasteiger partial charge on any atom is 0.397 e. The Morgan fingerprint density at radius 3 is 2.19 bits per heavy atom. The maximum atomic E-state index is 12.8. The Bertz CT molecular complexity index is 915. The zero-order valence-corrected chi connectivity index (χ0v) is 26.2. The molecule has 252 valence electrons. The minimum Gasteiger partial charge on any atom is -0.394 e. The van der Waals surface area contributed by atoms with Crippen LogP contribution in [0.4, 0.5) is 0 Å². The number of aliphatic hydroxyl groups is 5. The SMILES string of the molecule is CCCC/C=C\CCCCCC(O)C(=O)NC(COC1OC(CO)C(O)C(OS(=O)(=O)O)C1O)C(O)/C=C/CCCCC. The predicted octanol–water partition coefficient (Wildman–Crippen LogP) is 1.67. The van der Waals surface area contributed by atoms with E-state index in [0.717, 1.165) is 57.8 Å². The molecule has 1 saturated heterocycles. The van der Waals surface area contributed by atoms with Crippen molar-refractivity contribution in [3.8, 4) is 0 Å². The molecule has 0 aliphatic carbocycles. The van der Waals surface area contributed by atoms with Gasteiger partial charge in [0.05, 0.1) is 25.4 Å². The zero-order valence-electron chi connectivity index (χ0n) is 25.4. The number of rotatable bonds is 23. The van der Waals surface area contributed by atoms with Crippen LogP contribution >= 0.6 is 0 Å². The number of amides is 1. The molecule has 0 aromatic rings. The van der Waals surface area contributed by atoms with Gasteiger partial charge in [-0.2, -0.15) is 8.42 Å². The fraction of sp³-hybridized carbons (Fsp3) is 0.828. The summed E-state index contributed by atoms with van der Waals surface area (Å²) >= 11 is 0. The molecule has 0 saturated carbocycles. The average Bonchev–Trinajstić information content (AvgIpc) is 2.96. The van der Waals surface area contributed by atoms with Crippen LogP contribution < -0.4 is 5.32 Å². The van der Waals surface area contributed by atoms with Crippen molar-refractivity contribution >= 4 is 16.3 Å². The van der Waals surface area contributed by atoms with Gasteiger partial charge >= 0.3 is 10.4 Å². The van der Waals surface area contributed by atoms with Gasteiger partial charge < -0.3 is 40.3 Å². The highest BCUT2D eigenvalue weighted by atomic mass is 32.3. The lowest BCUT2D eigenvalue weighted by molar-refractivity contribution is -0.298. The van der Waals surface area contributed by atoms with Gasteiger partial charge in [0.15, 0.2) is 6.29 Å². The highest BCUT2D eigenvalue weighted by Crippen LogP contribution is 2.26. The molecule has 1 rings (SSSR count). The van der Waals surface area contributed by atoms with Crippen LogP contribution in [0.2, 0.25) is 0 Å². The summed E-state index contributed by atoms with van der Waals surface area (Å²) in [6.07, 6.45) is 6.69. The monoisotopic (exact) mass is 639 g/mol. The molecule has 1 amide bonds. The Hall–Kier alpha value is -1.46. The summed E-state index contributed by atoms with van der Waals surface area (Å²) in [5.41, 5.74) is 0. The Morgan fingerprint density at radius 1 is 0.930 bits per heavy atom. The van der Waals surface area contributed by atoms with E-state index >= 15 is 0 Å². The first-order chi connectivity index (χ1) is 20.4. The van der Waals surface area contributed by atoms with Crippen LogP contribution in [0.5, 0.6) is 0 Å². The van der Waals surface area contributed by atoms with Gasteiger partial charge in [-0.15, -0.1) is 0 Å². The lowest BCUT2D eigenvalue weighted by Gasteiger charge is -2.41. The largest absolute Gasteiger partial charge is 0.397 e. The summed E-state index contributed by atoms with van der Waals surface area (Å²) in [6.45, 7) is 2.93. The second-order valence-corrected chi connectivity index (χ2v) is 11.9. The van der Waals surface area contributed by atoms with Crippen LogP contribution in [-0.2, 0) is 28.9 Å². The number of carbonyl (C=O) groups is 1. The Morgan fingerprint density at radius 2 is 1.56 bits per heavy atom.